The Labute approximate surface area is 186 Å². The van der Waals surface area contributed by atoms with Gasteiger partial charge in [0.1, 0.15) is 6.61 Å². The fraction of sp³-hybridized carbons (Fsp3) is 0.500. The average molecular weight is 440 g/mol. The van der Waals surface area contributed by atoms with E-state index in [9.17, 15) is 19.7 Å². The number of nitro groups is 1. The minimum absolute atomic E-state index is 0.0240. The summed E-state index contributed by atoms with van der Waals surface area (Å²) in [6.45, 7) is 6.72. The molecule has 2 aliphatic heterocycles. The summed E-state index contributed by atoms with van der Waals surface area (Å²) in [6, 6.07) is 6.04. The van der Waals surface area contributed by atoms with Crippen LogP contribution in [-0.2, 0) is 19.1 Å². The maximum Gasteiger partial charge on any atom is 0.336 e. The van der Waals surface area contributed by atoms with Crippen LogP contribution in [0.2, 0.25) is 0 Å². The van der Waals surface area contributed by atoms with Crippen LogP contribution in [-0.4, -0.2) is 36.0 Å². The number of esters is 1. The highest BCUT2D eigenvalue weighted by atomic mass is 16.6. The van der Waals surface area contributed by atoms with E-state index < -0.39 is 16.8 Å². The molecule has 0 unspecified atom stereocenters. The second kappa shape index (κ2) is 8.50. The Kier molecular flexibility index (Phi) is 5.90. The van der Waals surface area contributed by atoms with Crippen LogP contribution >= 0.6 is 0 Å². The van der Waals surface area contributed by atoms with E-state index in [0.29, 0.717) is 41.9 Å². The van der Waals surface area contributed by atoms with Crippen molar-refractivity contribution >= 4 is 17.4 Å². The van der Waals surface area contributed by atoms with Gasteiger partial charge in [0.2, 0.25) is 0 Å². The number of ketones is 1. The number of hydrogen-bond acceptors (Lipinski definition) is 7. The molecule has 2 heterocycles. The number of dihydropyridines is 1. The molecule has 8 heteroatoms. The van der Waals surface area contributed by atoms with Crippen LogP contribution in [0.4, 0.5) is 5.69 Å². The molecule has 0 saturated carbocycles. The van der Waals surface area contributed by atoms with E-state index >= 15 is 0 Å². The van der Waals surface area contributed by atoms with Crippen LogP contribution in [0.3, 0.4) is 0 Å². The number of allylic oxidation sites excluding steroid dienone is 3. The van der Waals surface area contributed by atoms with Crippen molar-refractivity contribution in [3.8, 4) is 0 Å². The number of hydrogen-bond donors (Lipinski definition) is 1. The van der Waals surface area contributed by atoms with Crippen molar-refractivity contribution in [1.82, 2.24) is 5.32 Å². The molecule has 0 spiro atoms. The van der Waals surface area contributed by atoms with Gasteiger partial charge in [-0.05, 0) is 37.2 Å². The van der Waals surface area contributed by atoms with E-state index in [0.717, 1.165) is 18.5 Å². The molecule has 0 amide bonds. The number of ether oxygens (including phenoxy) is 2. The summed E-state index contributed by atoms with van der Waals surface area (Å²) in [5.74, 6) is -1.16. The Morgan fingerprint density at radius 3 is 2.62 bits per heavy atom. The van der Waals surface area contributed by atoms with Gasteiger partial charge in [-0.2, -0.15) is 0 Å². The summed E-state index contributed by atoms with van der Waals surface area (Å²) in [7, 11) is 0. The largest absolute Gasteiger partial charge is 0.459 e. The highest BCUT2D eigenvalue weighted by Gasteiger charge is 2.43. The fourth-order valence-corrected chi connectivity index (χ4v) is 4.85. The van der Waals surface area contributed by atoms with Crippen molar-refractivity contribution in [3.05, 3.63) is 62.5 Å². The average Bonchev–Trinajstić information content (AvgIpc) is 3.24. The van der Waals surface area contributed by atoms with Gasteiger partial charge in [0.05, 0.1) is 16.6 Å². The summed E-state index contributed by atoms with van der Waals surface area (Å²) in [5.41, 5.74) is 2.77. The molecule has 1 saturated heterocycles. The first kappa shape index (κ1) is 22.2. The minimum atomic E-state index is -0.632. The van der Waals surface area contributed by atoms with Gasteiger partial charge in [-0.1, -0.05) is 26.0 Å². The van der Waals surface area contributed by atoms with Crippen molar-refractivity contribution < 1.29 is 24.0 Å². The van der Waals surface area contributed by atoms with Crippen molar-refractivity contribution in [1.29, 1.82) is 0 Å². The number of carbonyl (C=O) groups excluding carboxylic acids is 2. The number of Topliss-reactive ketones (excluding diaryl/α,β-unsaturated/α-hetero) is 1. The molecule has 32 heavy (non-hydrogen) atoms. The van der Waals surface area contributed by atoms with Crippen molar-refractivity contribution in [2.45, 2.75) is 58.5 Å². The van der Waals surface area contributed by atoms with Gasteiger partial charge in [-0.15, -0.1) is 0 Å². The zero-order valence-corrected chi connectivity index (χ0v) is 18.6. The predicted molar refractivity (Wildman–Crippen MR) is 117 cm³/mol. The van der Waals surface area contributed by atoms with Crippen LogP contribution in [0.5, 0.6) is 0 Å². The van der Waals surface area contributed by atoms with E-state index in [-0.39, 0.29) is 29.6 Å². The molecule has 0 bridgehead atoms. The Hall–Kier alpha value is -3.00. The van der Waals surface area contributed by atoms with Crippen LogP contribution in [0, 0.1) is 15.5 Å². The molecule has 1 aliphatic carbocycles. The summed E-state index contributed by atoms with van der Waals surface area (Å²) >= 11 is 0. The highest BCUT2D eigenvalue weighted by Crippen LogP contribution is 2.47. The summed E-state index contributed by atoms with van der Waals surface area (Å²) < 4.78 is 11.2. The lowest BCUT2D eigenvalue weighted by Crippen LogP contribution is -2.39. The van der Waals surface area contributed by atoms with E-state index in [1.165, 1.54) is 12.1 Å². The zero-order chi connectivity index (χ0) is 23.0. The molecule has 1 aromatic carbocycles. The van der Waals surface area contributed by atoms with Crippen LogP contribution in [0.15, 0.2) is 46.8 Å². The maximum atomic E-state index is 13.2. The third kappa shape index (κ3) is 4.32. The molecule has 170 valence electrons. The number of rotatable bonds is 5. The zero-order valence-electron chi connectivity index (χ0n) is 18.6. The lowest BCUT2D eigenvalue weighted by molar-refractivity contribution is -0.384. The fourth-order valence-electron chi connectivity index (χ4n) is 4.85. The maximum absolute atomic E-state index is 13.2. The third-order valence-electron chi connectivity index (χ3n) is 6.32. The first-order valence-electron chi connectivity index (χ1n) is 10.9. The topological polar surface area (TPSA) is 108 Å². The molecule has 1 N–H and O–H groups in total. The third-order valence-corrected chi connectivity index (χ3v) is 6.32. The molecular formula is C24H28N2O6. The van der Waals surface area contributed by atoms with Gasteiger partial charge >= 0.3 is 5.97 Å². The van der Waals surface area contributed by atoms with Crippen LogP contribution < -0.4 is 5.32 Å². The quantitative estimate of drug-likeness (QED) is 0.420. The standard InChI is InChI=1S/C24H28N2O6/c1-14-20(23(28)32-13-17-5-4-10-31-17)21(15-6-8-16(9-7-15)26(29)30)22-18(25-14)11-24(2,3)12-19(22)27/h6-9,17,21,25H,4-5,10-13H2,1-3H3/t17-,21-/m0/s1. The molecule has 1 fully saturated rings. The number of carbonyl (C=O) groups is 2. The number of nitrogens with zero attached hydrogens (tertiary/aromatic N) is 1. The van der Waals surface area contributed by atoms with Gasteiger partial charge in [-0.3, -0.25) is 14.9 Å². The van der Waals surface area contributed by atoms with Crippen LogP contribution in [0.1, 0.15) is 57.9 Å². The van der Waals surface area contributed by atoms with Crippen molar-refractivity contribution in [3.63, 3.8) is 0 Å². The minimum Gasteiger partial charge on any atom is -0.459 e. The normalized spacial score (nSPS) is 24.8. The van der Waals surface area contributed by atoms with Gasteiger partial charge in [0, 0.05) is 48.0 Å². The van der Waals surface area contributed by atoms with E-state index in [1.807, 2.05) is 13.8 Å². The van der Waals surface area contributed by atoms with Gasteiger partial charge in [0.15, 0.2) is 5.78 Å². The van der Waals surface area contributed by atoms with Gasteiger partial charge in [-0.25, -0.2) is 4.79 Å². The summed E-state index contributed by atoms with van der Waals surface area (Å²) in [6.07, 6.45) is 2.72. The van der Waals surface area contributed by atoms with Crippen molar-refractivity contribution in [2.75, 3.05) is 13.2 Å². The monoisotopic (exact) mass is 440 g/mol. The lowest BCUT2D eigenvalue weighted by Gasteiger charge is -2.39. The molecule has 8 nitrogen and oxygen atoms in total. The van der Waals surface area contributed by atoms with Crippen molar-refractivity contribution in [2.24, 2.45) is 5.41 Å². The first-order chi connectivity index (χ1) is 15.2. The molecule has 0 radical (unpaired) electrons. The number of nitro benzene ring substituents is 1. The summed E-state index contributed by atoms with van der Waals surface area (Å²) in [4.78, 5) is 37.1. The molecule has 4 rings (SSSR count). The highest BCUT2D eigenvalue weighted by molar-refractivity contribution is 6.04. The number of non-ortho nitro benzene ring substituents is 1. The van der Waals surface area contributed by atoms with Crippen LogP contribution in [0.25, 0.3) is 0 Å². The Bertz CT molecular complexity index is 1020. The molecule has 2 atom stereocenters. The lowest BCUT2D eigenvalue weighted by atomic mass is 9.68. The van der Waals surface area contributed by atoms with Gasteiger partial charge in [0.25, 0.3) is 5.69 Å². The van der Waals surface area contributed by atoms with E-state index in [4.69, 9.17) is 9.47 Å². The Morgan fingerprint density at radius 1 is 1.28 bits per heavy atom. The van der Waals surface area contributed by atoms with E-state index in [2.05, 4.69) is 5.32 Å². The predicted octanol–water partition coefficient (Wildman–Crippen LogP) is 3.92. The Balaban J connectivity index is 1.72. The first-order valence-corrected chi connectivity index (χ1v) is 10.9. The molecule has 0 aromatic heterocycles. The smallest absolute Gasteiger partial charge is 0.336 e. The molecular weight excluding hydrogens is 412 g/mol. The number of nitrogens with one attached hydrogen (secondary N) is 1. The van der Waals surface area contributed by atoms with E-state index in [1.54, 1.807) is 19.1 Å². The number of benzene rings is 1. The second-order valence-electron chi connectivity index (χ2n) is 9.51. The second-order valence-corrected chi connectivity index (χ2v) is 9.51. The SMILES string of the molecule is CC1=C(C(=O)OC[C@@H]2CCCO2)[C@H](c2ccc([N+](=O)[O-])cc2)C2=C(CC(C)(C)CC2=O)N1. The summed E-state index contributed by atoms with van der Waals surface area (Å²) in [5, 5.41) is 14.4. The Morgan fingerprint density at radius 2 is 2.00 bits per heavy atom. The molecule has 3 aliphatic rings. The molecule has 1 aromatic rings. The van der Waals surface area contributed by atoms with Gasteiger partial charge < -0.3 is 14.8 Å².